The van der Waals surface area contributed by atoms with Gasteiger partial charge in [-0.05, 0) is 46.3 Å². The van der Waals surface area contributed by atoms with E-state index in [1.807, 2.05) is 36.4 Å². The van der Waals surface area contributed by atoms with E-state index in [-0.39, 0.29) is 0 Å². The van der Waals surface area contributed by atoms with Crippen molar-refractivity contribution >= 4 is 44.3 Å². The second-order valence-electron chi connectivity index (χ2n) is 4.08. The minimum Gasteiger partial charge on any atom is -0.397 e. The molecule has 0 aliphatic rings. The molecule has 3 aromatic rings. The number of nitrogen functional groups attached to an aromatic ring is 1. The lowest BCUT2D eigenvalue weighted by molar-refractivity contribution is 1.36. The Morgan fingerprint density at radius 2 is 1.79 bits per heavy atom. The fourth-order valence-corrected chi connectivity index (χ4v) is 3.39. The van der Waals surface area contributed by atoms with Gasteiger partial charge in [0, 0.05) is 25.8 Å². The maximum Gasteiger partial charge on any atom is 0.0942 e. The molecule has 3 rings (SSSR count). The van der Waals surface area contributed by atoms with Crippen LogP contribution in [0.4, 0.5) is 5.69 Å². The summed E-state index contributed by atoms with van der Waals surface area (Å²) in [5.74, 6) is 0. The zero-order chi connectivity index (χ0) is 13.2. The highest BCUT2D eigenvalue weighted by Gasteiger charge is 2.07. The Hall–Kier alpha value is -1.52. The van der Waals surface area contributed by atoms with Gasteiger partial charge in [-0.2, -0.15) is 0 Å². The van der Waals surface area contributed by atoms with Crippen molar-refractivity contribution in [3.63, 3.8) is 0 Å². The zero-order valence-corrected chi connectivity index (χ0v) is 12.4. The van der Waals surface area contributed by atoms with Crippen molar-refractivity contribution in [3.8, 4) is 0 Å². The summed E-state index contributed by atoms with van der Waals surface area (Å²) in [6, 6.07) is 16.1. The lowest BCUT2D eigenvalue weighted by Crippen LogP contribution is -1.90. The third kappa shape index (κ3) is 2.46. The molecule has 2 aromatic carbocycles. The van der Waals surface area contributed by atoms with Crippen LogP contribution >= 0.6 is 27.7 Å². The predicted octanol–water partition coefficient (Wildman–Crippen LogP) is 4.73. The number of fused-ring (bicyclic) bond motifs is 1. The number of hydrogen-bond acceptors (Lipinski definition) is 3. The predicted molar refractivity (Wildman–Crippen MR) is 84.4 cm³/mol. The summed E-state index contributed by atoms with van der Waals surface area (Å²) in [7, 11) is 0. The first kappa shape index (κ1) is 12.5. The average Bonchev–Trinajstić information content (AvgIpc) is 2.44. The average molecular weight is 331 g/mol. The van der Waals surface area contributed by atoms with Gasteiger partial charge in [0.2, 0.25) is 0 Å². The molecule has 2 N–H and O–H groups in total. The molecule has 0 saturated carbocycles. The lowest BCUT2D eigenvalue weighted by atomic mass is 10.2. The minimum atomic E-state index is 0.715. The van der Waals surface area contributed by atoms with Crippen molar-refractivity contribution in [1.82, 2.24) is 4.98 Å². The molecule has 0 amide bonds. The Morgan fingerprint density at radius 3 is 2.63 bits per heavy atom. The number of anilines is 1. The van der Waals surface area contributed by atoms with E-state index in [0.29, 0.717) is 5.69 Å². The second kappa shape index (κ2) is 5.23. The maximum atomic E-state index is 5.97. The Kier molecular flexibility index (Phi) is 3.44. The zero-order valence-electron chi connectivity index (χ0n) is 10.0. The number of nitrogens with zero attached hydrogens (tertiary/aromatic N) is 1. The van der Waals surface area contributed by atoms with Gasteiger partial charge in [0.15, 0.2) is 0 Å². The van der Waals surface area contributed by atoms with Crippen molar-refractivity contribution in [2.45, 2.75) is 9.79 Å². The Bertz CT molecular complexity index is 743. The van der Waals surface area contributed by atoms with Crippen molar-refractivity contribution in [2.75, 3.05) is 5.73 Å². The number of hydrogen-bond donors (Lipinski definition) is 1. The van der Waals surface area contributed by atoms with E-state index in [1.54, 1.807) is 18.0 Å². The van der Waals surface area contributed by atoms with Crippen LogP contribution in [0.15, 0.2) is 69.0 Å². The summed E-state index contributed by atoms with van der Waals surface area (Å²) < 4.78 is 1.09. The van der Waals surface area contributed by atoms with E-state index in [2.05, 4.69) is 33.0 Å². The Labute approximate surface area is 124 Å². The number of nitrogens with two attached hydrogens (primary N) is 1. The smallest absolute Gasteiger partial charge is 0.0942 e. The van der Waals surface area contributed by atoms with E-state index in [9.17, 15) is 0 Å². The molecule has 0 fully saturated rings. The molecule has 1 heterocycles. The van der Waals surface area contributed by atoms with Gasteiger partial charge in [-0.25, -0.2) is 0 Å². The van der Waals surface area contributed by atoms with Crippen LogP contribution in [0.3, 0.4) is 0 Å². The maximum absolute atomic E-state index is 5.97. The molecule has 0 aliphatic heterocycles. The Balaban J connectivity index is 2.12. The molecular formula is C15H11BrN2S. The van der Waals surface area contributed by atoms with Gasteiger partial charge in [0.1, 0.15) is 0 Å². The normalized spacial score (nSPS) is 10.8. The SMILES string of the molecule is Nc1ccc(Sc2ccccc2Br)c2cccnc12. The van der Waals surface area contributed by atoms with Gasteiger partial charge in [0.25, 0.3) is 0 Å². The highest BCUT2D eigenvalue weighted by molar-refractivity contribution is 9.10. The first-order valence-corrected chi connectivity index (χ1v) is 7.42. The third-order valence-corrected chi connectivity index (χ3v) is 4.92. The molecule has 0 atom stereocenters. The van der Waals surface area contributed by atoms with Crippen molar-refractivity contribution < 1.29 is 0 Å². The first-order valence-electron chi connectivity index (χ1n) is 5.81. The van der Waals surface area contributed by atoms with Gasteiger partial charge in [-0.3, -0.25) is 4.98 Å². The van der Waals surface area contributed by atoms with Crippen LogP contribution in [0.1, 0.15) is 0 Å². The van der Waals surface area contributed by atoms with Gasteiger partial charge >= 0.3 is 0 Å². The van der Waals surface area contributed by atoms with Crippen molar-refractivity contribution in [2.24, 2.45) is 0 Å². The summed E-state index contributed by atoms with van der Waals surface area (Å²) in [5, 5.41) is 1.09. The van der Waals surface area contributed by atoms with Crippen molar-refractivity contribution in [3.05, 3.63) is 59.2 Å². The molecule has 0 aliphatic carbocycles. The summed E-state index contributed by atoms with van der Waals surface area (Å²) >= 11 is 5.28. The molecule has 0 bridgehead atoms. The summed E-state index contributed by atoms with van der Waals surface area (Å²) in [5.41, 5.74) is 7.54. The highest BCUT2D eigenvalue weighted by atomic mass is 79.9. The second-order valence-corrected chi connectivity index (χ2v) is 6.02. The quantitative estimate of drug-likeness (QED) is 0.690. The van der Waals surface area contributed by atoms with E-state index < -0.39 is 0 Å². The minimum absolute atomic E-state index is 0.715. The van der Waals surface area contributed by atoms with Gasteiger partial charge < -0.3 is 5.73 Å². The fraction of sp³-hybridized carbons (Fsp3) is 0. The van der Waals surface area contributed by atoms with E-state index in [0.717, 1.165) is 20.3 Å². The summed E-state index contributed by atoms with van der Waals surface area (Å²) in [6.45, 7) is 0. The van der Waals surface area contributed by atoms with Crippen LogP contribution in [0.5, 0.6) is 0 Å². The summed E-state index contributed by atoms with van der Waals surface area (Å²) in [4.78, 5) is 6.69. The van der Waals surface area contributed by atoms with Gasteiger partial charge in [0.05, 0.1) is 11.2 Å². The molecule has 94 valence electrons. The third-order valence-electron chi connectivity index (χ3n) is 2.82. The Morgan fingerprint density at radius 1 is 0.947 bits per heavy atom. The molecular weight excluding hydrogens is 320 g/mol. The standard InChI is InChI=1S/C15H11BrN2S/c16-11-5-1-2-6-14(11)19-13-8-7-12(17)15-10(13)4-3-9-18-15/h1-9H,17H2. The van der Waals surface area contributed by atoms with Crippen LogP contribution in [-0.2, 0) is 0 Å². The number of pyridine rings is 1. The largest absolute Gasteiger partial charge is 0.397 e. The number of aromatic nitrogens is 1. The summed E-state index contributed by atoms with van der Waals surface area (Å²) in [6.07, 6.45) is 1.77. The number of rotatable bonds is 2. The molecule has 4 heteroatoms. The van der Waals surface area contributed by atoms with Crippen LogP contribution in [0.25, 0.3) is 10.9 Å². The number of halogens is 1. The first-order chi connectivity index (χ1) is 9.25. The highest BCUT2D eigenvalue weighted by Crippen LogP contribution is 2.37. The van der Waals surface area contributed by atoms with E-state index in [4.69, 9.17) is 5.73 Å². The molecule has 1 aromatic heterocycles. The molecule has 0 unspecified atom stereocenters. The van der Waals surface area contributed by atoms with E-state index >= 15 is 0 Å². The topological polar surface area (TPSA) is 38.9 Å². The van der Waals surface area contributed by atoms with Crippen LogP contribution < -0.4 is 5.73 Å². The molecule has 19 heavy (non-hydrogen) atoms. The van der Waals surface area contributed by atoms with Crippen LogP contribution in [-0.4, -0.2) is 4.98 Å². The molecule has 0 spiro atoms. The van der Waals surface area contributed by atoms with Gasteiger partial charge in [-0.1, -0.05) is 30.0 Å². The molecule has 0 radical (unpaired) electrons. The lowest BCUT2D eigenvalue weighted by Gasteiger charge is -2.08. The van der Waals surface area contributed by atoms with Gasteiger partial charge in [-0.15, -0.1) is 0 Å². The number of benzene rings is 2. The monoisotopic (exact) mass is 330 g/mol. The fourth-order valence-electron chi connectivity index (χ4n) is 1.90. The van der Waals surface area contributed by atoms with E-state index in [1.165, 1.54) is 4.90 Å². The van der Waals surface area contributed by atoms with Crippen LogP contribution in [0, 0.1) is 0 Å². The van der Waals surface area contributed by atoms with Crippen LogP contribution in [0.2, 0.25) is 0 Å². The van der Waals surface area contributed by atoms with Crippen molar-refractivity contribution in [1.29, 1.82) is 0 Å². The molecule has 2 nitrogen and oxygen atoms in total. The molecule has 0 saturated heterocycles.